The Kier molecular flexibility index (Phi) is 4.94. The summed E-state index contributed by atoms with van der Waals surface area (Å²) in [7, 11) is 0. The van der Waals surface area contributed by atoms with Gasteiger partial charge < -0.3 is 20.2 Å². The van der Waals surface area contributed by atoms with E-state index in [1.54, 1.807) is 54.9 Å². The molecular weight excluding hydrogens is 368 g/mol. The zero-order valence-corrected chi connectivity index (χ0v) is 15.6. The second kappa shape index (κ2) is 7.85. The molecule has 0 saturated carbocycles. The molecule has 0 saturated heterocycles. The third-order valence-corrected chi connectivity index (χ3v) is 4.15. The summed E-state index contributed by atoms with van der Waals surface area (Å²) in [6, 6.07) is 17.7. The van der Waals surface area contributed by atoms with Crippen molar-refractivity contribution in [3.05, 3.63) is 84.4 Å². The maximum absolute atomic E-state index is 11.2. The van der Waals surface area contributed by atoms with Crippen LogP contribution >= 0.6 is 0 Å². The number of nitrogens with zero attached hydrogens (tertiary/aromatic N) is 2. The fraction of sp³-hybridized carbons (Fsp3) is 0.0455. The number of furan rings is 1. The third kappa shape index (κ3) is 4.24. The van der Waals surface area contributed by atoms with E-state index in [1.165, 1.54) is 0 Å². The topological polar surface area (TPSA) is 103 Å². The summed E-state index contributed by atoms with van der Waals surface area (Å²) in [6.07, 6.45) is 3.24. The first-order valence-corrected chi connectivity index (χ1v) is 8.91. The van der Waals surface area contributed by atoms with Gasteiger partial charge in [0, 0.05) is 29.2 Å². The highest BCUT2D eigenvalue weighted by molar-refractivity contribution is 5.93. The third-order valence-electron chi connectivity index (χ3n) is 4.15. The lowest BCUT2D eigenvalue weighted by Gasteiger charge is -2.11. The van der Waals surface area contributed by atoms with Crippen LogP contribution in [0.15, 0.2) is 77.5 Å². The molecule has 4 aromatic rings. The quantitative estimate of drug-likeness (QED) is 0.499. The van der Waals surface area contributed by atoms with Gasteiger partial charge in [0.1, 0.15) is 17.3 Å². The molecule has 0 aliphatic rings. The average Bonchev–Trinajstić information content (AvgIpc) is 3.25. The predicted octanol–water partition coefficient (Wildman–Crippen LogP) is 4.68. The van der Waals surface area contributed by atoms with Gasteiger partial charge in [0.05, 0.1) is 6.26 Å². The van der Waals surface area contributed by atoms with Gasteiger partial charge >= 0.3 is 0 Å². The smallest absolute Gasteiger partial charge is 0.248 e. The number of rotatable bonds is 6. The molecule has 29 heavy (non-hydrogen) atoms. The Morgan fingerprint density at radius 1 is 1.10 bits per heavy atom. The molecule has 7 heteroatoms. The standard InChI is InChI=1S/C22H18N4O3/c1-14-4-9-19(21(25-14)18-3-2-12-28-18)29-17-10-11-24-20(13-17)26-16-7-5-15(6-8-16)22(23)27/h2-13H,1H3,(H2,23,27)(H,24,26). The molecule has 0 spiro atoms. The van der Waals surface area contributed by atoms with Crippen LogP contribution in [0.1, 0.15) is 16.1 Å². The normalized spacial score (nSPS) is 10.5. The van der Waals surface area contributed by atoms with Gasteiger partial charge in [-0.15, -0.1) is 0 Å². The highest BCUT2D eigenvalue weighted by Gasteiger charge is 2.13. The molecule has 4 rings (SSSR count). The Labute approximate surface area is 167 Å². The largest absolute Gasteiger partial charge is 0.463 e. The van der Waals surface area contributed by atoms with E-state index in [1.807, 2.05) is 25.1 Å². The summed E-state index contributed by atoms with van der Waals surface area (Å²) >= 11 is 0. The fourth-order valence-electron chi connectivity index (χ4n) is 2.75. The van der Waals surface area contributed by atoms with Crippen LogP contribution in [0.4, 0.5) is 11.5 Å². The maximum Gasteiger partial charge on any atom is 0.248 e. The molecule has 0 unspecified atom stereocenters. The van der Waals surface area contributed by atoms with Crippen molar-refractivity contribution >= 4 is 17.4 Å². The minimum atomic E-state index is -0.468. The molecule has 0 fully saturated rings. The van der Waals surface area contributed by atoms with Crippen molar-refractivity contribution in [2.24, 2.45) is 5.73 Å². The molecule has 144 valence electrons. The SMILES string of the molecule is Cc1ccc(Oc2ccnc(Nc3ccc(C(N)=O)cc3)c2)c(-c2ccco2)n1. The Morgan fingerprint density at radius 3 is 2.66 bits per heavy atom. The van der Waals surface area contributed by atoms with E-state index < -0.39 is 5.91 Å². The fourth-order valence-corrected chi connectivity index (χ4v) is 2.75. The first-order chi connectivity index (χ1) is 14.1. The van der Waals surface area contributed by atoms with Crippen LogP contribution < -0.4 is 15.8 Å². The highest BCUT2D eigenvalue weighted by Crippen LogP contribution is 2.33. The summed E-state index contributed by atoms with van der Waals surface area (Å²) in [5.41, 5.74) is 7.97. The molecule has 0 aliphatic heterocycles. The minimum absolute atomic E-state index is 0.443. The van der Waals surface area contributed by atoms with Crippen LogP contribution in [-0.4, -0.2) is 15.9 Å². The molecule has 3 N–H and O–H groups in total. The molecule has 1 aromatic carbocycles. The molecule has 0 radical (unpaired) electrons. The maximum atomic E-state index is 11.2. The van der Waals surface area contributed by atoms with E-state index in [-0.39, 0.29) is 0 Å². The van der Waals surface area contributed by atoms with Crippen molar-refractivity contribution in [3.8, 4) is 23.0 Å². The number of primary amides is 1. The number of hydrogen-bond acceptors (Lipinski definition) is 6. The number of aryl methyl sites for hydroxylation is 1. The Morgan fingerprint density at radius 2 is 1.93 bits per heavy atom. The number of benzene rings is 1. The van der Waals surface area contributed by atoms with E-state index in [0.717, 1.165) is 11.4 Å². The van der Waals surface area contributed by atoms with Gasteiger partial charge in [0.25, 0.3) is 0 Å². The summed E-state index contributed by atoms with van der Waals surface area (Å²) in [5, 5.41) is 3.17. The molecular formula is C22H18N4O3. The van der Waals surface area contributed by atoms with Crippen LogP contribution in [0.25, 0.3) is 11.5 Å². The van der Waals surface area contributed by atoms with Gasteiger partial charge in [-0.1, -0.05) is 0 Å². The number of hydrogen-bond donors (Lipinski definition) is 2. The number of pyridine rings is 2. The molecule has 7 nitrogen and oxygen atoms in total. The van der Waals surface area contributed by atoms with E-state index in [2.05, 4.69) is 15.3 Å². The van der Waals surface area contributed by atoms with Gasteiger partial charge in [-0.3, -0.25) is 4.79 Å². The molecule has 0 atom stereocenters. The second-order valence-electron chi connectivity index (χ2n) is 6.32. The minimum Gasteiger partial charge on any atom is -0.463 e. The van der Waals surface area contributed by atoms with Gasteiger partial charge in [0.15, 0.2) is 11.5 Å². The highest BCUT2D eigenvalue weighted by atomic mass is 16.5. The Hall–Kier alpha value is -4.13. The van der Waals surface area contributed by atoms with Crippen LogP contribution in [0, 0.1) is 6.92 Å². The summed E-state index contributed by atoms with van der Waals surface area (Å²) in [6.45, 7) is 1.91. The van der Waals surface area contributed by atoms with Crippen molar-refractivity contribution in [1.82, 2.24) is 9.97 Å². The van der Waals surface area contributed by atoms with E-state index in [4.69, 9.17) is 14.9 Å². The average molecular weight is 386 g/mol. The van der Waals surface area contributed by atoms with Gasteiger partial charge in [-0.05, 0) is 61.5 Å². The number of carbonyl (C=O) groups is 1. The molecule has 0 bridgehead atoms. The molecule has 3 aromatic heterocycles. The lowest BCUT2D eigenvalue weighted by atomic mass is 10.2. The van der Waals surface area contributed by atoms with Gasteiger partial charge in [-0.2, -0.15) is 0 Å². The van der Waals surface area contributed by atoms with Crippen LogP contribution in [-0.2, 0) is 0 Å². The van der Waals surface area contributed by atoms with Gasteiger partial charge in [-0.25, -0.2) is 9.97 Å². The number of ether oxygens (including phenoxy) is 1. The van der Waals surface area contributed by atoms with Crippen molar-refractivity contribution in [1.29, 1.82) is 0 Å². The van der Waals surface area contributed by atoms with Gasteiger partial charge in [0.2, 0.25) is 5.91 Å². The Balaban J connectivity index is 1.56. The zero-order chi connectivity index (χ0) is 20.2. The number of amides is 1. The second-order valence-corrected chi connectivity index (χ2v) is 6.32. The van der Waals surface area contributed by atoms with Crippen LogP contribution in [0.3, 0.4) is 0 Å². The summed E-state index contributed by atoms with van der Waals surface area (Å²) < 4.78 is 11.5. The number of anilines is 2. The lowest BCUT2D eigenvalue weighted by Crippen LogP contribution is -2.10. The number of aromatic nitrogens is 2. The molecule has 0 aliphatic carbocycles. The van der Waals surface area contributed by atoms with Crippen LogP contribution in [0.2, 0.25) is 0 Å². The van der Waals surface area contributed by atoms with E-state index >= 15 is 0 Å². The first-order valence-electron chi connectivity index (χ1n) is 8.91. The molecule has 1 amide bonds. The predicted molar refractivity (Wildman–Crippen MR) is 109 cm³/mol. The first kappa shape index (κ1) is 18.2. The number of nitrogens with one attached hydrogen (secondary N) is 1. The monoisotopic (exact) mass is 386 g/mol. The zero-order valence-electron chi connectivity index (χ0n) is 15.6. The lowest BCUT2D eigenvalue weighted by molar-refractivity contribution is 0.100. The number of carbonyl (C=O) groups excluding carboxylic acids is 1. The van der Waals surface area contributed by atoms with Crippen molar-refractivity contribution in [2.75, 3.05) is 5.32 Å². The van der Waals surface area contributed by atoms with Crippen LogP contribution in [0.5, 0.6) is 11.5 Å². The number of nitrogens with two attached hydrogens (primary N) is 1. The van der Waals surface area contributed by atoms with E-state index in [9.17, 15) is 4.79 Å². The summed E-state index contributed by atoms with van der Waals surface area (Å²) in [5.74, 6) is 1.92. The van der Waals surface area contributed by atoms with E-state index in [0.29, 0.717) is 34.3 Å². The van der Waals surface area contributed by atoms with Crippen molar-refractivity contribution in [3.63, 3.8) is 0 Å². The van der Waals surface area contributed by atoms with Crippen molar-refractivity contribution in [2.45, 2.75) is 6.92 Å². The summed E-state index contributed by atoms with van der Waals surface area (Å²) in [4.78, 5) is 20.0. The van der Waals surface area contributed by atoms with Crippen molar-refractivity contribution < 1.29 is 13.9 Å². The Bertz CT molecular complexity index is 1140. The molecule has 3 heterocycles.